The number of likely N-dealkylation sites (tertiary alicyclic amines) is 1. The van der Waals surface area contributed by atoms with E-state index in [1.54, 1.807) is 0 Å². The first-order chi connectivity index (χ1) is 15.7. The molecule has 6 heteroatoms. The third-order valence-electron chi connectivity index (χ3n) is 8.54. The summed E-state index contributed by atoms with van der Waals surface area (Å²) in [6, 6.07) is 6.78. The van der Waals surface area contributed by atoms with Crippen molar-refractivity contribution in [3.8, 4) is 0 Å². The Bertz CT molecular complexity index is 735. The topological polar surface area (TPSA) is 48.9 Å². The molecule has 3 saturated heterocycles. The molecule has 0 radical (unpaired) electrons. The number of hydrogen-bond acceptors (Lipinski definition) is 5. The summed E-state index contributed by atoms with van der Waals surface area (Å²) in [6.07, 6.45) is 13.4. The van der Waals surface area contributed by atoms with E-state index in [4.69, 9.17) is 4.74 Å². The molecule has 32 heavy (non-hydrogen) atoms. The van der Waals surface area contributed by atoms with Gasteiger partial charge in [0.05, 0.1) is 5.60 Å². The summed E-state index contributed by atoms with van der Waals surface area (Å²) in [6.45, 7) is 6.91. The summed E-state index contributed by atoms with van der Waals surface area (Å²) in [5.41, 5.74) is -0.0106. The van der Waals surface area contributed by atoms with Gasteiger partial charge in [0.2, 0.25) is 5.91 Å². The fourth-order valence-corrected chi connectivity index (χ4v) is 6.47. The van der Waals surface area contributed by atoms with Gasteiger partial charge in [0.15, 0.2) is 0 Å². The largest absolute Gasteiger partial charge is 0.375 e. The van der Waals surface area contributed by atoms with Crippen molar-refractivity contribution in [3.63, 3.8) is 0 Å². The van der Waals surface area contributed by atoms with Gasteiger partial charge in [-0.1, -0.05) is 31.7 Å². The maximum atomic E-state index is 12.8. The maximum Gasteiger partial charge on any atom is 0.222 e. The smallest absolute Gasteiger partial charge is 0.222 e. The Morgan fingerprint density at radius 3 is 2.53 bits per heavy atom. The molecule has 6 nitrogen and oxygen atoms in total. The Balaban J connectivity index is 1.09. The van der Waals surface area contributed by atoms with Crippen LogP contribution in [-0.4, -0.2) is 78.2 Å². The van der Waals surface area contributed by atoms with E-state index in [0.717, 1.165) is 96.1 Å². The van der Waals surface area contributed by atoms with Gasteiger partial charge in [0.25, 0.3) is 0 Å². The van der Waals surface area contributed by atoms with Crippen LogP contribution in [0.1, 0.15) is 64.2 Å². The molecular formula is C26H40N4O2. The number of nitrogens with zero attached hydrogens (tertiary/aromatic N) is 4. The molecule has 0 unspecified atom stereocenters. The van der Waals surface area contributed by atoms with Crippen LogP contribution in [0.15, 0.2) is 24.4 Å². The summed E-state index contributed by atoms with van der Waals surface area (Å²) < 4.78 is 6.40. The third kappa shape index (κ3) is 5.12. The molecule has 1 saturated carbocycles. The molecular weight excluding hydrogens is 400 g/mol. The number of amides is 1. The molecule has 4 heterocycles. The Labute approximate surface area is 193 Å². The van der Waals surface area contributed by atoms with Crippen molar-refractivity contribution < 1.29 is 9.53 Å². The Morgan fingerprint density at radius 1 is 1.03 bits per heavy atom. The number of hydrogen-bond donors (Lipinski definition) is 0. The average Bonchev–Trinajstić information content (AvgIpc) is 3.38. The molecule has 4 aliphatic rings. The summed E-state index contributed by atoms with van der Waals surface area (Å²) in [5.74, 6) is 2.28. The van der Waals surface area contributed by atoms with Crippen molar-refractivity contribution in [1.29, 1.82) is 0 Å². The van der Waals surface area contributed by atoms with Crippen LogP contribution in [-0.2, 0) is 9.53 Å². The van der Waals surface area contributed by atoms with Crippen molar-refractivity contribution in [3.05, 3.63) is 24.4 Å². The average molecular weight is 441 g/mol. The molecule has 176 valence electrons. The third-order valence-corrected chi connectivity index (χ3v) is 8.54. The van der Waals surface area contributed by atoms with E-state index in [9.17, 15) is 4.79 Å². The fourth-order valence-electron chi connectivity index (χ4n) is 6.47. The highest BCUT2D eigenvalue weighted by molar-refractivity contribution is 5.76. The molecule has 4 fully saturated rings. The van der Waals surface area contributed by atoms with Crippen molar-refractivity contribution in [2.45, 2.75) is 75.9 Å². The number of anilines is 1. The van der Waals surface area contributed by atoms with E-state index < -0.39 is 0 Å². The molecule has 1 spiro atoms. The van der Waals surface area contributed by atoms with Crippen LogP contribution in [0, 0.1) is 5.92 Å². The van der Waals surface area contributed by atoms with Crippen LogP contribution in [0.3, 0.4) is 0 Å². The van der Waals surface area contributed by atoms with Gasteiger partial charge >= 0.3 is 0 Å². The van der Waals surface area contributed by atoms with Gasteiger partial charge in [-0.25, -0.2) is 4.98 Å². The molecule has 1 atom stereocenters. The highest BCUT2D eigenvalue weighted by atomic mass is 16.5. The van der Waals surface area contributed by atoms with Gasteiger partial charge in [-0.3, -0.25) is 9.69 Å². The van der Waals surface area contributed by atoms with Gasteiger partial charge in [-0.15, -0.1) is 0 Å². The summed E-state index contributed by atoms with van der Waals surface area (Å²) in [5, 5.41) is 0. The molecule has 1 aromatic heterocycles. The van der Waals surface area contributed by atoms with Gasteiger partial charge in [-0.2, -0.15) is 0 Å². The SMILES string of the molecule is O=C(CCC1CCCC1)N1CCC2(CC1)C[C@H](N1CCN(c3ccccn3)CC1)CCO2. The van der Waals surface area contributed by atoms with Crippen molar-refractivity contribution in [2.75, 3.05) is 50.8 Å². The van der Waals surface area contributed by atoms with Crippen LogP contribution in [0.2, 0.25) is 0 Å². The van der Waals surface area contributed by atoms with Crippen molar-refractivity contribution in [1.82, 2.24) is 14.8 Å². The van der Waals surface area contributed by atoms with Gasteiger partial charge in [-0.05, 0) is 50.2 Å². The maximum absolute atomic E-state index is 12.8. The number of aromatic nitrogens is 1. The number of piperidine rings is 1. The zero-order valence-corrected chi connectivity index (χ0v) is 19.6. The standard InChI is InChI=1S/C26H40N4O2/c31-25(9-8-22-5-1-2-6-22)30-14-11-26(12-15-30)21-23(10-20-32-26)28-16-18-29(19-17-28)24-7-3-4-13-27-24/h3-4,7,13,22-23H,1-2,5-6,8-12,14-21H2/t23-/m1/s1. The van der Waals surface area contributed by atoms with Crippen LogP contribution >= 0.6 is 0 Å². The minimum absolute atomic E-state index is 0.0106. The quantitative estimate of drug-likeness (QED) is 0.699. The Kier molecular flexibility index (Phi) is 6.98. The fraction of sp³-hybridized carbons (Fsp3) is 0.769. The van der Waals surface area contributed by atoms with Gasteiger partial charge in [0, 0.05) is 64.5 Å². The molecule has 1 amide bonds. The number of ether oxygens (including phenoxy) is 1. The molecule has 1 aliphatic carbocycles. The minimum Gasteiger partial charge on any atom is -0.375 e. The van der Waals surface area contributed by atoms with Crippen LogP contribution in [0.5, 0.6) is 0 Å². The number of carbonyl (C=O) groups excluding carboxylic acids is 1. The molecule has 3 aliphatic heterocycles. The normalized spacial score (nSPS) is 27.2. The van der Waals surface area contributed by atoms with E-state index in [2.05, 4.69) is 31.8 Å². The van der Waals surface area contributed by atoms with E-state index in [1.165, 1.54) is 25.7 Å². The predicted molar refractivity (Wildman–Crippen MR) is 127 cm³/mol. The zero-order valence-electron chi connectivity index (χ0n) is 19.6. The van der Waals surface area contributed by atoms with Crippen LogP contribution in [0.25, 0.3) is 0 Å². The zero-order chi connectivity index (χ0) is 21.8. The molecule has 0 N–H and O–H groups in total. The number of carbonyl (C=O) groups is 1. The number of piperazine rings is 1. The van der Waals surface area contributed by atoms with Crippen molar-refractivity contribution >= 4 is 11.7 Å². The second-order valence-electron chi connectivity index (χ2n) is 10.5. The first kappa shape index (κ1) is 22.1. The monoisotopic (exact) mass is 440 g/mol. The van der Waals surface area contributed by atoms with E-state index in [0.29, 0.717) is 11.9 Å². The van der Waals surface area contributed by atoms with Crippen molar-refractivity contribution in [2.24, 2.45) is 5.92 Å². The lowest BCUT2D eigenvalue weighted by Crippen LogP contribution is -2.57. The molecule has 0 bridgehead atoms. The second kappa shape index (κ2) is 10.1. The number of rotatable bonds is 5. The van der Waals surface area contributed by atoms with Crippen LogP contribution in [0.4, 0.5) is 5.82 Å². The van der Waals surface area contributed by atoms with Gasteiger partial charge in [0.1, 0.15) is 5.82 Å². The summed E-state index contributed by atoms with van der Waals surface area (Å²) in [7, 11) is 0. The summed E-state index contributed by atoms with van der Waals surface area (Å²) >= 11 is 0. The Hall–Kier alpha value is -1.66. The number of pyridine rings is 1. The molecule has 1 aromatic rings. The molecule has 5 rings (SSSR count). The summed E-state index contributed by atoms with van der Waals surface area (Å²) in [4.78, 5) is 24.5. The van der Waals surface area contributed by atoms with Gasteiger partial charge < -0.3 is 14.5 Å². The molecule has 0 aromatic carbocycles. The first-order valence-corrected chi connectivity index (χ1v) is 13.0. The highest BCUT2D eigenvalue weighted by Crippen LogP contribution is 2.37. The lowest BCUT2D eigenvalue weighted by Gasteiger charge is -2.49. The van der Waals surface area contributed by atoms with E-state index in [-0.39, 0.29) is 5.60 Å². The lowest BCUT2D eigenvalue weighted by atomic mass is 9.81. The van der Waals surface area contributed by atoms with E-state index >= 15 is 0 Å². The second-order valence-corrected chi connectivity index (χ2v) is 10.5. The van der Waals surface area contributed by atoms with E-state index in [1.807, 2.05) is 12.3 Å². The lowest BCUT2D eigenvalue weighted by molar-refractivity contribution is -0.149. The minimum atomic E-state index is -0.0106. The predicted octanol–water partition coefficient (Wildman–Crippen LogP) is 3.71. The first-order valence-electron chi connectivity index (χ1n) is 13.0. The highest BCUT2D eigenvalue weighted by Gasteiger charge is 2.43. The van der Waals surface area contributed by atoms with Crippen LogP contribution < -0.4 is 4.90 Å². The Morgan fingerprint density at radius 2 is 1.81 bits per heavy atom.